The molecule has 10 heteroatoms. The summed E-state index contributed by atoms with van der Waals surface area (Å²) in [4.78, 5) is 8.60. The molecule has 0 radical (unpaired) electrons. The van der Waals surface area contributed by atoms with E-state index in [9.17, 15) is 8.42 Å². The summed E-state index contributed by atoms with van der Waals surface area (Å²) < 4.78 is 30.2. The number of benzene rings is 1. The zero-order valence-electron chi connectivity index (χ0n) is 15.0. The van der Waals surface area contributed by atoms with E-state index in [0.29, 0.717) is 41.6 Å². The van der Waals surface area contributed by atoms with Gasteiger partial charge >= 0.3 is 0 Å². The number of nitrogens with zero attached hydrogens (tertiary/aromatic N) is 6. The van der Waals surface area contributed by atoms with Crippen molar-refractivity contribution in [1.29, 1.82) is 0 Å². The van der Waals surface area contributed by atoms with Crippen molar-refractivity contribution in [3.8, 4) is 0 Å². The molecule has 0 aliphatic carbocycles. The number of piperidine rings is 1. The highest BCUT2D eigenvalue weighted by Gasteiger charge is 2.37. The first-order valence-electron chi connectivity index (χ1n) is 8.87. The Balaban J connectivity index is 1.71. The van der Waals surface area contributed by atoms with E-state index in [4.69, 9.17) is 0 Å². The third-order valence-electron chi connectivity index (χ3n) is 4.72. The summed E-state index contributed by atoms with van der Waals surface area (Å²) in [6, 6.07) is 6.68. The van der Waals surface area contributed by atoms with E-state index in [-0.39, 0.29) is 6.04 Å². The van der Waals surface area contributed by atoms with Crippen LogP contribution in [0.4, 0.5) is 0 Å². The summed E-state index contributed by atoms with van der Waals surface area (Å²) in [5.74, 6) is 1.21. The summed E-state index contributed by atoms with van der Waals surface area (Å²) in [5.41, 5.74) is 0.679. The van der Waals surface area contributed by atoms with Crippen LogP contribution in [-0.4, -0.2) is 49.2 Å². The molecular weight excluding hydrogens is 366 g/mol. The number of aryl methyl sites for hydroxylation is 1. The molecule has 1 saturated heterocycles. The molecule has 1 aliphatic heterocycles. The average Bonchev–Trinajstić information content (AvgIpc) is 3.34. The van der Waals surface area contributed by atoms with Gasteiger partial charge in [0, 0.05) is 6.54 Å². The lowest BCUT2D eigenvalue weighted by Gasteiger charge is -2.33. The fourth-order valence-electron chi connectivity index (χ4n) is 3.46. The molecule has 0 spiro atoms. The molecule has 4 rings (SSSR count). The number of aromatic amines is 1. The molecule has 3 aromatic rings. The molecule has 27 heavy (non-hydrogen) atoms. The maximum Gasteiger partial charge on any atom is 0.244 e. The molecule has 3 heterocycles. The number of aromatic nitrogens is 6. The van der Waals surface area contributed by atoms with Gasteiger partial charge in [0.2, 0.25) is 10.0 Å². The third kappa shape index (κ3) is 3.50. The van der Waals surface area contributed by atoms with Crippen molar-refractivity contribution in [3.05, 3.63) is 54.1 Å². The third-order valence-corrected chi connectivity index (χ3v) is 6.73. The van der Waals surface area contributed by atoms with Crippen LogP contribution in [0.15, 0.2) is 41.8 Å². The van der Waals surface area contributed by atoms with E-state index in [1.165, 1.54) is 6.33 Å². The summed E-state index contributed by atoms with van der Waals surface area (Å²) in [5, 5.41) is 11.1. The normalized spacial score (nSPS) is 18.6. The van der Waals surface area contributed by atoms with Crippen molar-refractivity contribution in [1.82, 2.24) is 34.3 Å². The van der Waals surface area contributed by atoms with Gasteiger partial charge < -0.3 is 0 Å². The van der Waals surface area contributed by atoms with Crippen LogP contribution in [0, 0.1) is 6.92 Å². The lowest BCUT2D eigenvalue weighted by atomic mass is 10.0. The zero-order valence-corrected chi connectivity index (χ0v) is 15.8. The predicted octanol–water partition coefficient (Wildman–Crippen LogP) is 1.67. The number of nitrogens with one attached hydrogen (secondary N) is 1. The van der Waals surface area contributed by atoms with E-state index < -0.39 is 10.0 Å². The van der Waals surface area contributed by atoms with Gasteiger partial charge in [-0.05, 0) is 31.4 Å². The molecule has 0 bridgehead atoms. The van der Waals surface area contributed by atoms with Crippen LogP contribution in [0.3, 0.4) is 0 Å². The molecule has 1 aromatic carbocycles. The van der Waals surface area contributed by atoms with Crippen LogP contribution < -0.4 is 0 Å². The number of hydrogen-bond acceptors (Lipinski definition) is 6. The highest BCUT2D eigenvalue weighted by Crippen LogP contribution is 2.34. The van der Waals surface area contributed by atoms with Crippen LogP contribution in [0.1, 0.15) is 42.5 Å². The molecule has 0 saturated carbocycles. The topological polar surface area (TPSA) is 110 Å². The van der Waals surface area contributed by atoms with Gasteiger partial charge in [0.05, 0.1) is 17.5 Å². The second kappa shape index (κ2) is 7.20. The van der Waals surface area contributed by atoms with Crippen molar-refractivity contribution in [2.24, 2.45) is 0 Å². The van der Waals surface area contributed by atoms with E-state index >= 15 is 0 Å². The molecule has 2 aromatic heterocycles. The molecule has 1 atom stereocenters. The van der Waals surface area contributed by atoms with Gasteiger partial charge in [-0.2, -0.15) is 14.5 Å². The Morgan fingerprint density at radius 2 is 2.11 bits per heavy atom. The van der Waals surface area contributed by atoms with E-state index in [1.54, 1.807) is 27.4 Å². The maximum atomic E-state index is 13.5. The van der Waals surface area contributed by atoms with Gasteiger partial charge in [0.1, 0.15) is 18.5 Å². The Morgan fingerprint density at radius 1 is 1.26 bits per heavy atom. The Labute approximate surface area is 157 Å². The zero-order chi connectivity index (χ0) is 18.9. The second-order valence-corrected chi connectivity index (χ2v) is 8.47. The molecule has 1 aliphatic rings. The molecule has 1 N–H and O–H groups in total. The molecule has 1 fully saturated rings. The minimum absolute atomic E-state index is 0.291. The molecule has 0 amide bonds. The van der Waals surface area contributed by atoms with E-state index in [2.05, 4.69) is 25.3 Å². The monoisotopic (exact) mass is 387 g/mol. The molecular formula is C17H21N7O2S. The van der Waals surface area contributed by atoms with Crippen LogP contribution in [-0.2, 0) is 16.6 Å². The molecule has 9 nitrogen and oxygen atoms in total. The van der Waals surface area contributed by atoms with Crippen molar-refractivity contribution in [2.75, 3.05) is 6.54 Å². The van der Waals surface area contributed by atoms with Crippen molar-refractivity contribution < 1.29 is 8.42 Å². The highest BCUT2D eigenvalue weighted by atomic mass is 32.2. The lowest BCUT2D eigenvalue weighted by Crippen LogP contribution is -2.39. The lowest BCUT2D eigenvalue weighted by molar-refractivity contribution is 0.246. The van der Waals surface area contributed by atoms with Crippen LogP contribution >= 0.6 is 0 Å². The number of hydrogen-bond donors (Lipinski definition) is 1. The summed E-state index contributed by atoms with van der Waals surface area (Å²) in [6.45, 7) is 2.61. The summed E-state index contributed by atoms with van der Waals surface area (Å²) in [6.07, 6.45) is 5.49. The number of H-pyrrole nitrogens is 1. The average molecular weight is 387 g/mol. The van der Waals surface area contributed by atoms with Gasteiger partial charge in [0.15, 0.2) is 5.82 Å². The smallest absolute Gasteiger partial charge is 0.244 e. The number of rotatable bonds is 5. The van der Waals surface area contributed by atoms with Gasteiger partial charge in [-0.1, -0.05) is 24.6 Å². The van der Waals surface area contributed by atoms with Crippen molar-refractivity contribution >= 4 is 10.0 Å². The minimum atomic E-state index is -3.71. The maximum absolute atomic E-state index is 13.5. The largest absolute Gasteiger partial charge is 0.263 e. The van der Waals surface area contributed by atoms with Crippen LogP contribution in [0.2, 0.25) is 0 Å². The Kier molecular flexibility index (Phi) is 4.75. The van der Waals surface area contributed by atoms with E-state index in [0.717, 1.165) is 12.8 Å². The van der Waals surface area contributed by atoms with Gasteiger partial charge in [0.25, 0.3) is 0 Å². The Morgan fingerprint density at radius 3 is 2.85 bits per heavy atom. The van der Waals surface area contributed by atoms with Crippen LogP contribution in [0.5, 0.6) is 0 Å². The van der Waals surface area contributed by atoms with Crippen molar-refractivity contribution in [3.63, 3.8) is 0 Å². The van der Waals surface area contributed by atoms with Gasteiger partial charge in [-0.25, -0.2) is 23.1 Å². The van der Waals surface area contributed by atoms with E-state index in [1.807, 2.05) is 19.1 Å². The highest BCUT2D eigenvalue weighted by molar-refractivity contribution is 7.89. The molecule has 142 valence electrons. The van der Waals surface area contributed by atoms with Gasteiger partial charge in [-0.15, -0.1) is 0 Å². The molecule has 1 unspecified atom stereocenters. The first kappa shape index (κ1) is 17.8. The first-order valence-corrected chi connectivity index (χ1v) is 10.3. The summed E-state index contributed by atoms with van der Waals surface area (Å²) >= 11 is 0. The quantitative estimate of drug-likeness (QED) is 0.713. The SMILES string of the molecule is Cc1nc(C2CCCCN2S(=O)(=O)c2ccccc2Cn2cncn2)n[nH]1. The second-order valence-electron chi connectivity index (χ2n) is 6.61. The summed E-state index contributed by atoms with van der Waals surface area (Å²) in [7, 11) is -3.71. The Bertz CT molecular complexity index is 1010. The first-order chi connectivity index (χ1) is 13.1. The minimum Gasteiger partial charge on any atom is -0.263 e. The van der Waals surface area contributed by atoms with Crippen molar-refractivity contribution in [2.45, 2.75) is 43.7 Å². The fraction of sp³-hybridized carbons (Fsp3) is 0.412. The predicted molar refractivity (Wildman–Crippen MR) is 97.2 cm³/mol. The van der Waals surface area contributed by atoms with Gasteiger partial charge in [-0.3, -0.25) is 5.10 Å². The fourth-order valence-corrected chi connectivity index (χ4v) is 5.33. The standard InChI is InChI=1S/C17H21N7O2S/c1-13-20-17(22-21-13)15-7-4-5-9-24(15)27(25,26)16-8-3-2-6-14(16)10-23-12-18-11-19-23/h2-3,6,8,11-12,15H,4-5,7,9-10H2,1H3,(H,20,21,22). The number of sulfonamides is 1. The van der Waals surface area contributed by atoms with Crippen LogP contribution in [0.25, 0.3) is 0 Å². The Hall–Kier alpha value is -2.59.